The highest BCUT2D eigenvalue weighted by Crippen LogP contribution is 2.30. The summed E-state index contributed by atoms with van der Waals surface area (Å²) in [5, 5.41) is 6.36. The Bertz CT molecular complexity index is 1570. The Morgan fingerprint density at radius 1 is 0.848 bits per heavy atom. The third kappa shape index (κ3) is 3.55. The van der Waals surface area contributed by atoms with E-state index in [0.29, 0.717) is 16.7 Å². The molecule has 0 bridgehead atoms. The molecule has 164 valence electrons. The molecule has 0 saturated heterocycles. The first-order valence-electron chi connectivity index (χ1n) is 11.1. The molecule has 0 atom stereocenters. The molecule has 0 aliphatic carbocycles. The number of para-hydroxylation sites is 2. The molecule has 3 aromatic carbocycles. The largest absolute Gasteiger partial charge is 0.339 e. The van der Waals surface area contributed by atoms with Crippen LogP contribution in [0.1, 0.15) is 32.0 Å². The van der Waals surface area contributed by atoms with Gasteiger partial charge in [-0.1, -0.05) is 60.7 Å². The summed E-state index contributed by atoms with van der Waals surface area (Å²) in [6.07, 6.45) is 1.80. The molecule has 0 saturated carbocycles. The van der Waals surface area contributed by atoms with Gasteiger partial charge < -0.3 is 4.57 Å². The number of aromatic nitrogens is 3. The van der Waals surface area contributed by atoms with Gasteiger partial charge in [0.2, 0.25) is 0 Å². The van der Waals surface area contributed by atoms with Crippen molar-refractivity contribution in [2.45, 2.75) is 33.2 Å². The lowest BCUT2D eigenvalue weighted by Gasteiger charge is -2.25. The van der Waals surface area contributed by atoms with Gasteiger partial charge in [-0.05, 0) is 45.9 Å². The lowest BCUT2D eigenvalue weighted by Crippen LogP contribution is -2.23. The highest BCUT2D eigenvalue weighted by molar-refractivity contribution is 6.01. The number of fused-ring (bicyclic) bond motifs is 2. The van der Waals surface area contributed by atoms with E-state index in [9.17, 15) is 4.79 Å². The average Bonchev–Trinajstić information content (AvgIpc) is 3.10. The highest BCUT2D eigenvalue weighted by Gasteiger charge is 2.21. The standard InChI is InChI=1S/C28H26N4O/c1-19-23(21-14-9-11-17-25(21)31(19)28(2,3)4)18-29-32-26(20-12-6-5-7-13-20)30-24-16-10-8-15-22(24)27(32)33/h5-18H,1-4H3. The third-order valence-corrected chi connectivity index (χ3v) is 5.92. The van der Waals surface area contributed by atoms with Crippen LogP contribution < -0.4 is 5.56 Å². The molecule has 0 amide bonds. The summed E-state index contributed by atoms with van der Waals surface area (Å²) in [6, 6.07) is 25.4. The van der Waals surface area contributed by atoms with Crippen molar-refractivity contribution in [1.82, 2.24) is 14.2 Å². The molecule has 5 aromatic rings. The van der Waals surface area contributed by atoms with E-state index in [-0.39, 0.29) is 11.1 Å². The van der Waals surface area contributed by atoms with E-state index in [1.807, 2.05) is 54.6 Å². The van der Waals surface area contributed by atoms with E-state index in [4.69, 9.17) is 10.1 Å². The molecule has 5 rings (SSSR count). The normalized spacial score (nSPS) is 12.2. The van der Waals surface area contributed by atoms with Gasteiger partial charge in [0.1, 0.15) is 0 Å². The van der Waals surface area contributed by atoms with Gasteiger partial charge in [-0.15, -0.1) is 0 Å². The van der Waals surface area contributed by atoms with E-state index in [0.717, 1.165) is 27.7 Å². The van der Waals surface area contributed by atoms with Crippen molar-refractivity contribution in [1.29, 1.82) is 0 Å². The predicted molar refractivity (Wildman–Crippen MR) is 136 cm³/mol. The summed E-state index contributed by atoms with van der Waals surface area (Å²) in [4.78, 5) is 18.3. The lowest BCUT2D eigenvalue weighted by molar-refractivity contribution is 0.403. The Morgan fingerprint density at radius 3 is 2.21 bits per heavy atom. The number of rotatable bonds is 3. The smallest absolute Gasteiger partial charge is 0.282 e. The van der Waals surface area contributed by atoms with Crippen molar-refractivity contribution in [3.63, 3.8) is 0 Å². The first-order valence-corrected chi connectivity index (χ1v) is 11.1. The van der Waals surface area contributed by atoms with Crippen molar-refractivity contribution >= 4 is 28.0 Å². The molecule has 2 heterocycles. The topological polar surface area (TPSA) is 52.2 Å². The molecule has 0 radical (unpaired) electrons. The number of benzene rings is 3. The Kier molecular flexibility index (Phi) is 4.97. The minimum absolute atomic E-state index is 0.0910. The fourth-order valence-electron chi connectivity index (χ4n) is 4.54. The van der Waals surface area contributed by atoms with Gasteiger partial charge in [0.15, 0.2) is 5.82 Å². The molecular weight excluding hydrogens is 408 g/mol. The molecular formula is C28H26N4O. The average molecular weight is 435 g/mol. The van der Waals surface area contributed by atoms with Crippen LogP contribution in [0, 0.1) is 6.92 Å². The summed E-state index contributed by atoms with van der Waals surface area (Å²) < 4.78 is 3.74. The first kappa shape index (κ1) is 20.9. The van der Waals surface area contributed by atoms with E-state index < -0.39 is 0 Å². The lowest BCUT2D eigenvalue weighted by atomic mass is 10.1. The zero-order valence-electron chi connectivity index (χ0n) is 19.3. The van der Waals surface area contributed by atoms with Crippen LogP contribution in [0.2, 0.25) is 0 Å². The van der Waals surface area contributed by atoms with Crippen LogP contribution in [0.4, 0.5) is 0 Å². The summed E-state index contributed by atoms with van der Waals surface area (Å²) in [5.74, 6) is 0.521. The van der Waals surface area contributed by atoms with Gasteiger partial charge in [-0.3, -0.25) is 4.79 Å². The van der Waals surface area contributed by atoms with Gasteiger partial charge in [0, 0.05) is 33.3 Å². The molecule has 5 heteroatoms. The van der Waals surface area contributed by atoms with Crippen molar-refractivity contribution < 1.29 is 0 Å². The van der Waals surface area contributed by atoms with Crippen molar-refractivity contribution in [2.75, 3.05) is 0 Å². The summed E-state index contributed by atoms with van der Waals surface area (Å²) in [5.41, 5.74) is 4.48. The van der Waals surface area contributed by atoms with E-state index >= 15 is 0 Å². The maximum atomic E-state index is 13.5. The summed E-state index contributed by atoms with van der Waals surface area (Å²) in [7, 11) is 0. The highest BCUT2D eigenvalue weighted by atomic mass is 16.1. The SMILES string of the molecule is Cc1c(C=Nn2c(-c3ccccc3)nc3ccccc3c2=O)c2ccccc2n1C(C)(C)C. The van der Waals surface area contributed by atoms with Crippen LogP contribution in [0.5, 0.6) is 0 Å². The minimum Gasteiger partial charge on any atom is -0.339 e. The Labute approximate surface area is 192 Å². The number of nitrogens with zero attached hydrogens (tertiary/aromatic N) is 4. The molecule has 0 unspecified atom stereocenters. The van der Waals surface area contributed by atoms with Crippen molar-refractivity contribution in [2.24, 2.45) is 5.10 Å². The van der Waals surface area contributed by atoms with E-state index in [1.54, 1.807) is 12.3 Å². The van der Waals surface area contributed by atoms with Crippen LogP contribution in [0.3, 0.4) is 0 Å². The predicted octanol–water partition coefficient (Wildman–Crippen LogP) is 5.96. The molecule has 0 aliphatic heterocycles. The second kappa shape index (κ2) is 7.85. The molecule has 0 aliphatic rings. The molecule has 0 N–H and O–H groups in total. The maximum Gasteiger partial charge on any atom is 0.282 e. The van der Waals surface area contributed by atoms with Crippen LogP contribution >= 0.6 is 0 Å². The summed E-state index contributed by atoms with van der Waals surface area (Å²) >= 11 is 0. The number of hydrogen-bond donors (Lipinski definition) is 0. The Morgan fingerprint density at radius 2 is 1.48 bits per heavy atom. The van der Waals surface area contributed by atoms with Crippen molar-refractivity contribution in [3.05, 3.63) is 100 Å². The maximum absolute atomic E-state index is 13.5. The quantitative estimate of drug-likeness (QED) is 0.329. The Hall–Kier alpha value is -3.99. The zero-order valence-corrected chi connectivity index (χ0v) is 19.3. The van der Waals surface area contributed by atoms with E-state index in [2.05, 4.69) is 50.5 Å². The fraction of sp³-hybridized carbons (Fsp3) is 0.179. The van der Waals surface area contributed by atoms with Gasteiger partial charge in [0.25, 0.3) is 5.56 Å². The van der Waals surface area contributed by atoms with Gasteiger partial charge in [-0.2, -0.15) is 9.78 Å². The second-order valence-corrected chi connectivity index (χ2v) is 9.20. The van der Waals surface area contributed by atoms with Crippen LogP contribution in [-0.2, 0) is 5.54 Å². The third-order valence-electron chi connectivity index (χ3n) is 5.92. The zero-order chi connectivity index (χ0) is 23.2. The molecule has 33 heavy (non-hydrogen) atoms. The Balaban J connectivity index is 1.77. The molecule has 0 spiro atoms. The van der Waals surface area contributed by atoms with Gasteiger partial charge in [0.05, 0.1) is 17.1 Å². The van der Waals surface area contributed by atoms with Gasteiger partial charge in [-0.25, -0.2) is 4.98 Å². The molecule has 0 fully saturated rings. The first-order chi connectivity index (χ1) is 15.9. The molecule has 2 aromatic heterocycles. The summed E-state index contributed by atoms with van der Waals surface area (Å²) in [6.45, 7) is 8.68. The van der Waals surface area contributed by atoms with Crippen molar-refractivity contribution in [3.8, 4) is 11.4 Å². The van der Waals surface area contributed by atoms with Crippen LogP contribution in [0.25, 0.3) is 33.2 Å². The van der Waals surface area contributed by atoms with Crippen LogP contribution in [0.15, 0.2) is 88.8 Å². The van der Waals surface area contributed by atoms with Gasteiger partial charge >= 0.3 is 0 Å². The fourth-order valence-corrected chi connectivity index (χ4v) is 4.54. The van der Waals surface area contributed by atoms with E-state index in [1.165, 1.54) is 4.68 Å². The second-order valence-electron chi connectivity index (χ2n) is 9.20. The monoisotopic (exact) mass is 434 g/mol. The van der Waals surface area contributed by atoms with Crippen LogP contribution in [-0.4, -0.2) is 20.4 Å². The molecule has 5 nitrogen and oxygen atoms in total. The minimum atomic E-state index is -0.187. The number of hydrogen-bond acceptors (Lipinski definition) is 3.